The number of hydrogen-bond acceptors (Lipinski definition) is 4. The van der Waals surface area contributed by atoms with Crippen LogP contribution in [-0.4, -0.2) is 23.3 Å². The standard InChI is InChI=1S/C12H11NO4/c1-7-5-3-4-6-8(7)9-10(11(14)15)13-17-12(9)16-2/h3-6H,1-2H3,(H,14,15). The number of carboxylic acid groups (broad SMARTS) is 1. The summed E-state index contributed by atoms with van der Waals surface area (Å²) in [7, 11) is 1.41. The molecular formula is C12H11NO4. The van der Waals surface area contributed by atoms with Gasteiger partial charge in [-0.3, -0.25) is 0 Å². The molecule has 0 spiro atoms. The first-order chi connectivity index (χ1) is 8.15. The average molecular weight is 233 g/mol. The summed E-state index contributed by atoms with van der Waals surface area (Å²) in [5.74, 6) is -1.04. The SMILES string of the molecule is COc1onc(C(=O)O)c1-c1ccccc1C. The molecular weight excluding hydrogens is 222 g/mol. The van der Waals surface area contributed by atoms with E-state index in [1.165, 1.54) is 7.11 Å². The van der Waals surface area contributed by atoms with Gasteiger partial charge in [0.05, 0.1) is 7.11 Å². The second kappa shape index (κ2) is 4.29. The van der Waals surface area contributed by atoms with Gasteiger partial charge in [0.25, 0.3) is 0 Å². The Morgan fingerprint density at radius 3 is 2.71 bits per heavy atom. The van der Waals surface area contributed by atoms with E-state index >= 15 is 0 Å². The Balaban J connectivity index is 2.69. The lowest BCUT2D eigenvalue weighted by molar-refractivity contribution is 0.0686. The van der Waals surface area contributed by atoms with Crippen molar-refractivity contribution < 1.29 is 19.2 Å². The summed E-state index contributed by atoms with van der Waals surface area (Å²) in [6, 6.07) is 7.38. The van der Waals surface area contributed by atoms with Crippen LogP contribution in [0, 0.1) is 6.92 Å². The van der Waals surface area contributed by atoms with Gasteiger partial charge >= 0.3 is 11.9 Å². The number of carboxylic acids is 1. The fraction of sp³-hybridized carbons (Fsp3) is 0.167. The molecule has 5 heteroatoms. The number of rotatable bonds is 3. The van der Waals surface area contributed by atoms with Crippen molar-refractivity contribution in [1.82, 2.24) is 5.16 Å². The van der Waals surface area contributed by atoms with Gasteiger partial charge in [-0.15, -0.1) is 0 Å². The highest BCUT2D eigenvalue weighted by atomic mass is 16.6. The topological polar surface area (TPSA) is 72.6 Å². The van der Waals surface area contributed by atoms with E-state index in [0.717, 1.165) is 11.1 Å². The Labute approximate surface area is 97.6 Å². The molecule has 0 bridgehead atoms. The highest BCUT2D eigenvalue weighted by Crippen LogP contribution is 2.35. The molecule has 0 amide bonds. The van der Waals surface area contributed by atoms with Crippen molar-refractivity contribution in [2.75, 3.05) is 7.11 Å². The number of methoxy groups -OCH3 is 1. The second-order valence-electron chi connectivity index (χ2n) is 3.52. The van der Waals surface area contributed by atoms with Crippen LogP contribution < -0.4 is 4.74 Å². The molecule has 0 aliphatic heterocycles. The minimum Gasteiger partial charge on any atom is -0.476 e. The van der Waals surface area contributed by atoms with Crippen LogP contribution in [0.25, 0.3) is 11.1 Å². The Bertz CT molecular complexity index is 559. The molecule has 0 aliphatic rings. The number of aromatic carboxylic acids is 1. The van der Waals surface area contributed by atoms with Gasteiger partial charge in [0.1, 0.15) is 5.56 Å². The summed E-state index contributed by atoms with van der Waals surface area (Å²) in [5.41, 5.74) is 1.90. The predicted molar refractivity (Wildman–Crippen MR) is 60.2 cm³/mol. The molecule has 0 radical (unpaired) electrons. The Morgan fingerprint density at radius 2 is 2.12 bits per heavy atom. The molecule has 2 aromatic rings. The normalized spacial score (nSPS) is 10.2. The minimum atomic E-state index is -1.14. The summed E-state index contributed by atoms with van der Waals surface area (Å²) < 4.78 is 9.86. The maximum absolute atomic E-state index is 11.1. The third-order valence-electron chi connectivity index (χ3n) is 2.46. The van der Waals surface area contributed by atoms with Crippen molar-refractivity contribution in [2.45, 2.75) is 6.92 Å². The molecule has 0 saturated heterocycles. The largest absolute Gasteiger partial charge is 0.476 e. The fourth-order valence-electron chi connectivity index (χ4n) is 1.65. The van der Waals surface area contributed by atoms with Gasteiger partial charge in [-0.05, 0) is 18.1 Å². The molecule has 0 unspecified atom stereocenters. The first-order valence-corrected chi connectivity index (χ1v) is 4.98. The number of carbonyl (C=O) groups is 1. The van der Waals surface area contributed by atoms with Gasteiger partial charge in [0.2, 0.25) is 5.69 Å². The number of aryl methyl sites for hydroxylation is 1. The van der Waals surface area contributed by atoms with Crippen LogP contribution in [-0.2, 0) is 0 Å². The van der Waals surface area contributed by atoms with Gasteiger partial charge in [-0.1, -0.05) is 29.4 Å². The van der Waals surface area contributed by atoms with Gasteiger partial charge in [-0.2, -0.15) is 0 Å². The minimum absolute atomic E-state index is 0.108. The summed E-state index contributed by atoms with van der Waals surface area (Å²) in [4.78, 5) is 11.1. The van der Waals surface area contributed by atoms with E-state index in [4.69, 9.17) is 14.4 Å². The quantitative estimate of drug-likeness (QED) is 0.880. The number of hydrogen-bond donors (Lipinski definition) is 1. The van der Waals surface area contributed by atoms with Crippen LogP contribution >= 0.6 is 0 Å². The van der Waals surface area contributed by atoms with Crippen LogP contribution in [0.2, 0.25) is 0 Å². The van der Waals surface area contributed by atoms with E-state index in [2.05, 4.69) is 5.16 Å². The van der Waals surface area contributed by atoms with Crippen molar-refractivity contribution in [3.8, 4) is 17.1 Å². The molecule has 2 rings (SSSR count). The van der Waals surface area contributed by atoms with Crippen LogP contribution in [0.15, 0.2) is 28.8 Å². The van der Waals surface area contributed by atoms with Crippen molar-refractivity contribution in [1.29, 1.82) is 0 Å². The molecule has 1 aromatic heterocycles. The Kier molecular flexibility index (Phi) is 2.82. The zero-order valence-corrected chi connectivity index (χ0v) is 9.43. The Morgan fingerprint density at radius 1 is 1.41 bits per heavy atom. The third kappa shape index (κ3) is 1.87. The highest BCUT2D eigenvalue weighted by Gasteiger charge is 2.24. The zero-order chi connectivity index (χ0) is 12.4. The number of aromatic nitrogens is 1. The van der Waals surface area contributed by atoms with Crippen molar-refractivity contribution in [3.05, 3.63) is 35.5 Å². The molecule has 0 atom stereocenters. The van der Waals surface area contributed by atoms with E-state index in [1.807, 2.05) is 25.1 Å². The summed E-state index contributed by atoms with van der Waals surface area (Å²) >= 11 is 0. The van der Waals surface area contributed by atoms with E-state index in [9.17, 15) is 4.79 Å². The van der Waals surface area contributed by atoms with Gasteiger partial charge in [0.15, 0.2) is 0 Å². The Hall–Kier alpha value is -2.30. The predicted octanol–water partition coefficient (Wildman–Crippen LogP) is 2.36. The molecule has 1 heterocycles. The lowest BCUT2D eigenvalue weighted by Gasteiger charge is -2.04. The van der Waals surface area contributed by atoms with E-state index < -0.39 is 5.97 Å². The van der Waals surface area contributed by atoms with Crippen molar-refractivity contribution >= 4 is 5.97 Å². The first-order valence-electron chi connectivity index (χ1n) is 4.98. The smallest absolute Gasteiger partial charge is 0.358 e. The average Bonchev–Trinajstić information content (AvgIpc) is 2.73. The van der Waals surface area contributed by atoms with Crippen molar-refractivity contribution in [3.63, 3.8) is 0 Å². The second-order valence-corrected chi connectivity index (χ2v) is 3.52. The molecule has 0 saturated carbocycles. The molecule has 0 fully saturated rings. The molecule has 17 heavy (non-hydrogen) atoms. The van der Waals surface area contributed by atoms with Gasteiger partial charge in [-0.25, -0.2) is 4.79 Å². The first kappa shape index (κ1) is 11.2. The summed E-state index contributed by atoms with van der Waals surface area (Å²) in [5, 5.41) is 12.6. The molecule has 88 valence electrons. The van der Waals surface area contributed by atoms with Crippen LogP contribution in [0.3, 0.4) is 0 Å². The third-order valence-corrected chi connectivity index (χ3v) is 2.46. The van der Waals surface area contributed by atoms with Crippen LogP contribution in [0.4, 0.5) is 0 Å². The van der Waals surface area contributed by atoms with E-state index in [0.29, 0.717) is 5.56 Å². The lowest BCUT2D eigenvalue weighted by Crippen LogP contribution is -2.00. The fourth-order valence-corrected chi connectivity index (χ4v) is 1.65. The maximum atomic E-state index is 11.1. The van der Waals surface area contributed by atoms with Crippen LogP contribution in [0.1, 0.15) is 16.1 Å². The molecule has 0 aliphatic carbocycles. The van der Waals surface area contributed by atoms with Crippen molar-refractivity contribution in [2.24, 2.45) is 0 Å². The number of ether oxygens (including phenoxy) is 1. The lowest BCUT2D eigenvalue weighted by atomic mass is 10.0. The summed E-state index contributed by atoms with van der Waals surface area (Å²) in [6.45, 7) is 1.88. The summed E-state index contributed by atoms with van der Waals surface area (Å²) in [6.07, 6.45) is 0. The molecule has 5 nitrogen and oxygen atoms in total. The highest BCUT2D eigenvalue weighted by molar-refractivity contribution is 5.95. The number of benzene rings is 1. The van der Waals surface area contributed by atoms with E-state index in [1.54, 1.807) is 6.07 Å². The monoisotopic (exact) mass is 233 g/mol. The maximum Gasteiger partial charge on any atom is 0.358 e. The van der Waals surface area contributed by atoms with Gasteiger partial charge in [0, 0.05) is 0 Å². The zero-order valence-electron chi connectivity index (χ0n) is 9.43. The number of nitrogens with zero attached hydrogens (tertiary/aromatic N) is 1. The molecule has 1 N–H and O–H groups in total. The van der Waals surface area contributed by atoms with Gasteiger partial charge < -0.3 is 14.4 Å². The van der Waals surface area contributed by atoms with E-state index in [-0.39, 0.29) is 11.6 Å². The van der Waals surface area contributed by atoms with Crippen LogP contribution in [0.5, 0.6) is 5.95 Å². The molecule has 1 aromatic carbocycles.